The third-order valence-electron chi connectivity index (χ3n) is 2.33. The third kappa shape index (κ3) is 4.06. The summed E-state index contributed by atoms with van der Waals surface area (Å²) in [7, 11) is -4.28. The van der Waals surface area contributed by atoms with Crippen LogP contribution in [0.4, 0.5) is 13.2 Å². The molecule has 1 heterocycles. The van der Waals surface area contributed by atoms with Gasteiger partial charge in [-0.2, -0.15) is 21.6 Å². The minimum Gasteiger partial charge on any atom is -1.00 e. The van der Waals surface area contributed by atoms with Gasteiger partial charge in [-0.25, -0.2) is 0 Å². The van der Waals surface area contributed by atoms with Crippen molar-refractivity contribution in [2.24, 2.45) is 0 Å². The Bertz CT molecular complexity index is 696. The molecule has 0 unspecified atom stereocenters. The zero-order chi connectivity index (χ0) is 14.3. The van der Waals surface area contributed by atoms with E-state index in [9.17, 15) is 21.6 Å². The van der Waals surface area contributed by atoms with Gasteiger partial charge in [0.2, 0.25) is 0 Å². The minimum atomic E-state index is -4.41. The van der Waals surface area contributed by atoms with Crippen LogP contribution in [0.15, 0.2) is 40.6 Å². The van der Waals surface area contributed by atoms with Crippen molar-refractivity contribution in [2.75, 3.05) is 0 Å². The molecule has 9 heteroatoms. The number of thiophene rings is 1. The summed E-state index contributed by atoms with van der Waals surface area (Å²) in [6.07, 6.45) is -4.41. The van der Waals surface area contributed by atoms with Gasteiger partial charge in [0.05, 0.1) is 5.56 Å². The van der Waals surface area contributed by atoms with Crippen LogP contribution in [0.2, 0.25) is 0 Å². The molecule has 2 aromatic rings. The summed E-state index contributed by atoms with van der Waals surface area (Å²) >= 11 is 0.787. The molecular weight excluding hydrogens is 324 g/mol. The van der Waals surface area contributed by atoms with E-state index >= 15 is 0 Å². The first-order valence-corrected chi connectivity index (χ1v) is 7.18. The smallest absolute Gasteiger partial charge is 1.00 e. The molecule has 0 fully saturated rings. The van der Waals surface area contributed by atoms with E-state index in [1.807, 2.05) is 0 Å². The molecule has 1 aromatic carbocycles. The number of alkyl halides is 3. The summed E-state index contributed by atoms with van der Waals surface area (Å²) < 4.78 is 67.5. The molecule has 104 valence electrons. The molecule has 0 radical (unpaired) electrons. The molecular formula is C11H8F3NaO3S2. The summed E-state index contributed by atoms with van der Waals surface area (Å²) in [6, 6.07) is 6.97. The molecule has 0 bridgehead atoms. The topological polar surface area (TPSA) is 54.4 Å². The van der Waals surface area contributed by atoms with Gasteiger partial charge in [-0.05, 0) is 29.8 Å². The standard InChI is InChI=1S/C11H7F3O3S2.Na.H/c12-11(13,14)8-3-1-7(2-4-8)9-5-6-10(18-9)19(15,16)17;;/h1-6H,(H,15,16,17);;/q;+1;-1. The van der Waals surface area contributed by atoms with Crippen LogP contribution >= 0.6 is 11.3 Å². The molecule has 1 N–H and O–H groups in total. The van der Waals surface area contributed by atoms with Crippen LogP contribution in [0.3, 0.4) is 0 Å². The maximum atomic E-state index is 12.4. The molecule has 3 nitrogen and oxygen atoms in total. The van der Waals surface area contributed by atoms with Gasteiger partial charge < -0.3 is 1.43 Å². The Hall–Kier alpha value is -0.380. The number of halogens is 3. The van der Waals surface area contributed by atoms with Crippen LogP contribution in [0.5, 0.6) is 0 Å². The van der Waals surface area contributed by atoms with Crippen molar-refractivity contribution in [1.82, 2.24) is 0 Å². The molecule has 0 amide bonds. The molecule has 0 atom stereocenters. The van der Waals surface area contributed by atoms with E-state index in [0.717, 1.165) is 23.5 Å². The van der Waals surface area contributed by atoms with Crippen molar-refractivity contribution in [1.29, 1.82) is 0 Å². The Morgan fingerprint density at radius 1 is 1.05 bits per heavy atom. The summed E-state index contributed by atoms with van der Waals surface area (Å²) in [5.74, 6) is 0. The number of hydrogen-bond donors (Lipinski definition) is 1. The molecule has 0 saturated carbocycles. The van der Waals surface area contributed by atoms with Gasteiger partial charge >= 0.3 is 45.9 Å². The normalized spacial score (nSPS) is 12.0. The first kappa shape index (κ1) is 17.7. The maximum absolute atomic E-state index is 12.4. The van der Waals surface area contributed by atoms with E-state index in [0.29, 0.717) is 10.4 Å². The fraction of sp³-hybridized carbons (Fsp3) is 0.0909. The van der Waals surface area contributed by atoms with E-state index in [-0.39, 0.29) is 35.2 Å². The molecule has 1 aromatic heterocycles. The summed E-state index contributed by atoms with van der Waals surface area (Å²) in [4.78, 5) is 0.460. The van der Waals surface area contributed by atoms with Gasteiger partial charge in [0, 0.05) is 4.88 Å². The maximum Gasteiger partial charge on any atom is 1.00 e. The van der Waals surface area contributed by atoms with Crippen molar-refractivity contribution in [3.05, 3.63) is 42.0 Å². The van der Waals surface area contributed by atoms with E-state index in [1.54, 1.807) is 0 Å². The molecule has 2 rings (SSSR count). The van der Waals surface area contributed by atoms with Crippen molar-refractivity contribution < 1.29 is 57.1 Å². The Morgan fingerprint density at radius 3 is 2.00 bits per heavy atom. The first-order chi connectivity index (χ1) is 8.68. The zero-order valence-electron chi connectivity index (χ0n) is 11.2. The molecule has 0 aliphatic carbocycles. The number of benzene rings is 1. The summed E-state index contributed by atoms with van der Waals surface area (Å²) in [6.45, 7) is 0. The SMILES string of the molecule is O=S(=O)(O)c1ccc(-c2ccc(C(F)(F)F)cc2)s1.[H-].[Na+]. The van der Waals surface area contributed by atoms with E-state index in [4.69, 9.17) is 4.55 Å². The second-order valence-electron chi connectivity index (χ2n) is 3.67. The predicted octanol–water partition coefficient (Wildman–Crippen LogP) is 0.797. The second kappa shape index (κ2) is 6.17. The number of rotatable bonds is 2. The van der Waals surface area contributed by atoms with Gasteiger partial charge in [-0.1, -0.05) is 12.1 Å². The first-order valence-electron chi connectivity index (χ1n) is 4.93. The van der Waals surface area contributed by atoms with Gasteiger partial charge in [-0.3, -0.25) is 4.55 Å². The van der Waals surface area contributed by atoms with Gasteiger partial charge in [-0.15, -0.1) is 11.3 Å². The van der Waals surface area contributed by atoms with Crippen LogP contribution < -0.4 is 29.6 Å². The monoisotopic (exact) mass is 332 g/mol. The Morgan fingerprint density at radius 2 is 1.60 bits per heavy atom. The van der Waals surface area contributed by atoms with Gasteiger partial charge in [0.1, 0.15) is 4.21 Å². The van der Waals surface area contributed by atoms with Crippen molar-refractivity contribution in [3.63, 3.8) is 0 Å². The Kier molecular flexibility index (Phi) is 5.45. The van der Waals surface area contributed by atoms with Crippen molar-refractivity contribution in [2.45, 2.75) is 10.4 Å². The summed E-state index contributed by atoms with van der Waals surface area (Å²) in [5, 5.41) is 0. The average Bonchev–Trinajstić information content (AvgIpc) is 2.77. The zero-order valence-corrected chi connectivity index (χ0v) is 13.8. The van der Waals surface area contributed by atoms with Crippen LogP contribution in [0.25, 0.3) is 10.4 Å². The quantitative estimate of drug-likeness (QED) is 0.654. The van der Waals surface area contributed by atoms with E-state index < -0.39 is 21.9 Å². The molecule has 0 spiro atoms. The fourth-order valence-electron chi connectivity index (χ4n) is 1.44. The number of hydrogen-bond acceptors (Lipinski definition) is 3. The predicted molar refractivity (Wildman–Crippen MR) is 65.7 cm³/mol. The van der Waals surface area contributed by atoms with Crippen LogP contribution in [-0.2, 0) is 16.3 Å². The average molecular weight is 332 g/mol. The fourth-order valence-corrected chi connectivity index (χ4v) is 3.11. The molecule has 0 aliphatic heterocycles. The van der Waals surface area contributed by atoms with Crippen LogP contribution in [-0.4, -0.2) is 13.0 Å². The van der Waals surface area contributed by atoms with Crippen LogP contribution in [0.1, 0.15) is 6.99 Å². The molecule has 20 heavy (non-hydrogen) atoms. The summed E-state index contributed by atoms with van der Waals surface area (Å²) in [5.41, 5.74) is -0.323. The Balaban J connectivity index is 0.00000200. The Labute approximate surface area is 141 Å². The third-order valence-corrected chi connectivity index (χ3v) is 4.79. The van der Waals surface area contributed by atoms with Crippen LogP contribution in [0, 0.1) is 0 Å². The minimum absolute atomic E-state index is 0. The second-order valence-corrected chi connectivity index (χ2v) is 6.40. The van der Waals surface area contributed by atoms with E-state index in [2.05, 4.69) is 0 Å². The molecule has 0 saturated heterocycles. The van der Waals surface area contributed by atoms with Gasteiger partial charge in [0.15, 0.2) is 0 Å². The van der Waals surface area contributed by atoms with E-state index in [1.165, 1.54) is 24.3 Å². The van der Waals surface area contributed by atoms with Crippen molar-refractivity contribution in [3.8, 4) is 10.4 Å². The molecule has 0 aliphatic rings. The van der Waals surface area contributed by atoms with Gasteiger partial charge in [0.25, 0.3) is 0 Å². The van der Waals surface area contributed by atoms with Crippen molar-refractivity contribution >= 4 is 21.5 Å². The largest absolute Gasteiger partial charge is 1.00 e.